The Kier molecular flexibility index (Phi) is 5.21. The van der Waals surface area contributed by atoms with Crippen molar-refractivity contribution in [2.24, 2.45) is 0 Å². The van der Waals surface area contributed by atoms with Crippen molar-refractivity contribution >= 4 is 26.3 Å². The average Bonchev–Trinajstić information content (AvgIpc) is 2.48. The van der Waals surface area contributed by atoms with Gasteiger partial charge in [0, 0.05) is 17.5 Å². The number of hydrogen-bond acceptors (Lipinski definition) is 1. The molecule has 2 N–H and O–H groups in total. The zero-order valence-corrected chi connectivity index (χ0v) is 12.9. The van der Waals surface area contributed by atoms with Crippen LogP contribution in [0, 0.1) is 5.82 Å². The number of alkyl halides is 3. The number of halogens is 4. The molecule has 0 saturated carbocycles. The molecule has 2 amide bonds. The summed E-state index contributed by atoms with van der Waals surface area (Å²) >= 11 is 0. The topological polar surface area (TPSA) is 41.1 Å². The van der Waals surface area contributed by atoms with Gasteiger partial charge in [-0.1, -0.05) is 18.2 Å². The summed E-state index contributed by atoms with van der Waals surface area (Å²) in [5, 5.41) is 5.29. The first-order chi connectivity index (χ1) is 10.8. The van der Waals surface area contributed by atoms with E-state index in [0.717, 1.165) is 12.1 Å². The fourth-order valence-electron chi connectivity index (χ4n) is 1.77. The lowest BCUT2D eigenvalue weighted by atomic mass is 10.1. The molecule has 0 heterocycles. The Balaban J connectivity index is 1.90. The number of benzene rings is 2. The highest BCUT2D eigenvalue weighted by Gasteiger charge is 2.29. The quantitative estimate of drug-likeness (QED) is 0.647. The van der Waals surface area contributed by atoms with Gasteiger partial charge in [0.05, 0.1) is 5.56 Å². The van der Waals surface area contributed by atoms with Crippen molar-refractivity contribution < 1.29 is 22.4 Å². The SMILES string of the molecule is O=C(NCc1ccc(C(F)(F)F)cc1)Nc1ccc(P)c(F)c1. The van der Waals surface area contributed by atoms with E-state index in [9.17, 15) is 22.4 Å². The average molecular weight is 344 g/mol. The Bertz CT molecular complexity index is 702. The van der Waals surface area contributed by atoms with Gasteiger partial charge in [0.1, 0.15) is 5.82 Å². The Morgan fingerprint density at radius 1 is 1.09 bits per heavy atom. The van der Waals surface area contributed by atoms with Gasteiger partial charge in [-0.3, -0.25) is 0 Å². The fourth-order valence-corrected chi connectivity index (χ4v) is 1.95. The summed E-state index contributed by atoms with van der Waals surface area (Å²) in [6, 6.07) is 8.07. The molecule has 0 fully saturated rings. The largest absolute Gasteiger partial charge is 0.416 e. The zero-order chi connectivity index (χ0) is 17.0. The van der Waals surface area contributed by atoms with E-state index < -0.39 is 23.6 Å². The van der Waals surface area contributed by atoms with Gasteiger partial charge < -0.3 is 10.6 Å². The lowest BCUT2D eigenvalue weighted by Crippen LogP contribution is -2.28. The molecule has 0 aliphatic carbocycles. The van der Waals surface area contributed by atoms with Crippen molar-refractivity contribution in [2.75, 3.05) is 5.32 Å². The summed E-state index contributed by atoms with van der Waals surface area (Å²) in [7, 11) is 2.22. The van der Waals surface area contributed by atoms with Crippen LogP contribution < -0.4 is 15.9 Å². The highest BCUT2D eigenvalue weighted by Crippen LogP contribution is 2.29. The van der Waals surface area contributed by atoms with E-state index in [0.29, 0.717) is 10.9 Å². The molecule has 0 spiro atoms. The van der Waals surface area contributed by atoms with E-state index in [1.807, 2.05) is 0 Å². The standard InChI is InChI=1S/C15H13F4N2OP/c16-12-7-11(5-6-13(12)23)21-14(22)20-8-9-1-3-10(4-2-9)15(17,18)19/h1-7H,8,23H2,(H2,20,21,22). The number of hydrogen-bond donors (Lipinski definition) is 2. The number of amides is 2. The summed E-state index contributed by atoms with van der Waals surface area (Å²) < 4.78 is 50.6. The molecule has 23 heavy (non-hydrogen) atoms. The van der Waals surface area contributed by atoms with Crippen LogP contribution in [-0.4, -0.2) is 6.03 Å². The van der Waals surface area contributed by atoms with Gasteiger partial charge in [-0.2, -0.15) is 13.2 Å². The van der Waals surface area contributed by atoms with Crippen LogP contribution in [0.2, 0.25) is 0 Å². The van der Waals surface area contributed by atoms with Gasteiger partial charge >= 0.3 is 12.2 Å². The molecule has 3 nitrogen and oxygen atoms in total. The van der Waals surface area contributed by atoms with Crippen molar-refractivity contribution in [2.45, 2.75) is 12.7 Å². The summed E-state index contributed by atoms with van der Waals surface area (Å²) in [6.45, 7) is 0.0498. The monoisotopic (exact) mass is 344 g/mol. The number of carbonyl (C=O) groups excluding carboxylic acids is 1. The Morgan fingerprint density at radius 2 is 1.74 bits per heavy atom. The predicted molar refractivity (Wildman–Crippen MR) is 83.0 cm³/mol. The lowest BCUT2D eigenvalue weighted by molar-refractivity contribution is -0.137. The number of nitrogens with one attached hydrogen (secondary N) is 2. The molecule has 0 aliphatic heterocycles. The van der Waals surface area contributed by atoms with E-state index in [1.54, 1.807) is 0 Å². The molecule has 2 aromatic carbocycles. The van der Waals surface area contributed by atoms with Crippen LogP contribution in [0.1, 0.15) is 11.1 Å². The Morgan fingerprint density at radius 3 is 2.30 bits per heavy atom. The molecule has 2 rings (SSSR count). The van der Waals surface area contributed by atoms with Gasteiger partial charge in [0.25, 0.3) is 0 Å². The Labute approximate surface area is 132 Å². The van der Waals surface area contributed by atoms with Crippen LogP contribution >= 0.6 is 9.24 Å². The minimum Gasteiger partial charge on any atom is -0.334 e. The highest BCUT2D eigenvalue weighted by atomic mass is 31.0. The summed E-state index contributed by atoms with van der Waals surface area (Å²) in [6.07, 6.45) is -4.39. The third-order valence-corrected chi connectivity index (χ3v) is 3.46. The predicted octanol–water partition coefficient (Wildman–Crippen LogP) is 3.67. The third-order valence-electron chi connectivity index (χ3n) is 2.99. The molecular weight excluding hydrogens is 331 g/mol. The van der Waals surface area contributed by atoms with Gasteiger partial charge in [-0.25, -0.2) is 9.18 Å². The van der Waals surface area contributed by atoms with E-state index in [-0.39, 0.29) is 12.2 Å². The lowest BCUT2D eigenvalue weighted by Gasteiger charge is -2.10. The van der Waals surface area contributed by atoms with Gasteiger partial charge in [0.15, 0.2) is 0 Å². The van der Waals surface area contributed by atoms with Crippen LogP contribution in [0.25, 0.3) is 0 Å². The second-order valence-corrected chi connectivity index (χ2v) is 5.36. The molecule has 0 saturated heterocycles. The van der Waals surface area contributed by atoms with Crippen molar-refractivity contribution in [3.8, 4) is 0 Å². The minimum absolute atomic E-state index is 0.0498. The molecule has 1 unspecified atom stereocenters. The number of rotatable bonds is 3. The second-order valence-electron chi connectivity index (χ2n) is 4.74. The van der Waals surface area contributed by atoms with Crippen molar-refractivity contribution in [1.82, 2.24) is 5.32 Å². The van der Waals surface area contributed by atoms with Crippen LogP contribution in [0.3, 0.4) is 0 Å². The van der Waals surface area contributed by atoms with Crippen LogP contribution in [0.4, 0.5) is 28.0 Å². The molecule has 0 bridgehead atoms. The third kappa shape index (κ3) is 4.93. The number of anilines is 1. The first-order valence-electron chi connectivity index (χ1n) is 6.52. The van der Waals surface area contributed by atoms with E-state index >= 15 is 0 Å². The van der Waals surface area contributed by atoms with Gasteiger partial charge in [-0.15, -0.1) is 9.24 Å². The smallest absolute Gasteiger partial charge is 0.334 e. The van der Waals surface area contributed by atoms with E-state index in [4.69, 9.17) is 0 Å². The number of urea groups is 1. The highest BCUT2D eigenvalue weighted by molar-refractivity contribution is 7.27. The second kappa shape index (κ2) is 6.96. The maximum atomic E-state index is 13.3. The molecule has 2 aromatic rings. The molecular formula is C15H13F4N2OP. The van der Waals surface area contributed by atoms with E-state index in [1.165, 1.54) is 30.3 Å². The molecule has 8 heteroatoms. The maximum absolute atomic E-state index is 13.3. The molecule has 0 radical (unpaired) electrons. The normalized spacial score (nSPS) is 11.2. The van der Waals surface area contributed by atoms with E-state index in [2.05, 4.69) is 19.9 Å². The van der Waals surface area contributed by atoms with Crippen LogP contribution in [0.15, 0.2) is 42.5 Å². The Hall–Kier alpha value is -2.14. The summed E-state index contributed by atoms with van der Waals surface area (Å²) in [4.78, 5) is 11.7. The first-order valence-corrected chi connectivity index (χ1v) is 7.09. The zero-order valence-electron chi connectivity index (χ0n) is 11.7. The van der Waals surface area contributed by atoms with Crippen molar-refractivity contribution in [3.05, 3.63) is 59.4 Å². The minimum atomic E-state index is -4.39. The summed E-state index contributed by atoms with van der Waals surface area (Å²) in [5.41, 5.74) is 0.0388. The molecule has 0 aromatic heterocycles. The summed E-state index contributed by atoms with van der Waals surface area (Å²) in [5.74, 6) is -0.476. The van der Waals surface area contributed by atoms with Crippen molar-refractivity contribution in [3.63, 3.8) is 0 Å². The first kappa shape index (κ1) is 17.2. The number of carbonyl (C=O) groups is 1. The molecule has 122 valence electrons. The van der Waals surface area contributed by atoms with Crippen molar-refractivity contribution in [1.29, 1.82) is 0 Å². The van der Waals surface area contributed by atoms with Crippen LogP contribution in [-0.2, 0) is 12.7 Å². The molecule has 0 aliphatic rings. The maximum Gasteiger partial charge on any atom is 0.416 e. The fraction of sp³-hybridized carbons (Fsp3) is 0.133. The van der Waals surface area contributed by atoms with Gasteiger partial charge in [-0.05, 0) is 29.8 Å². The van der Waals surface area contributed by atoms with Gasteiger partial charge in [0.2, 0.25) is 0 Å². The van der Waals surface area contributed by atoms with Crippen LogP contribution in [0.5, 0.6) is 0 Å². The molecule has 1 atom stereocenters.